The Balaban J connectivity index is 2.12. The minimum Gasteiger partial charge on any atom is -0.489 e. The third kappa shape index (κ3) is 4.08. The van der Waals surface area contributed by atoms with E-state index in [1.807, 2.05) is 36.4 Å². The number of rotatable bonds is 6. The molecule has 0 unspecified atom stereocenters. The Kier molecular flexibility index (Phi) is 4.94. The maximum absolute atomic E-state index is 11.5. The standard InChI is InChI=1S/C17H15N2O2/c18-10-4-7-14-8-9-15(11-16(14)17(19)20)21-12-13-5-2-1-3-6-13/h1-6,8-9,11H,7,12H2,(H2,19,20). The van der Waals surface area contributed by atoms with Gasteiger partial charge in [-0.05, 0) is 29.7 Å². The SMILES string of the molecule is N#C[CH]Cc1ccc(OCc2ccccc2)cc1C(N)=O. The van der Waals surface area contributed by atoms with Crippen LogP contribution in [0.25, 0.3) is 0 Å². The third-order valence-corrected chi connectivity index (χ3v) is 3.01. The summed E-state index contributed by atoms with van der Waals surface area (Å²) >= 11 is 0. The molecule has 0 aliphatic heterocycles. The van der Waals surface area contributed by atoms with Crippen molar-refractivity contribution in [1.82, 2.24) is 0 Å². The number of primary amides is 1. The molecule has 0 spiro atoms. The molecule has 2 aromatic rings. The van der Waals surface area contributed by atoms with Crippen molar-refractivity contribution in [3.63, 3.8) is 0 Å². The van der Waals surface area contributed by atoms with Gasteiger partial charge in [-0.15, -0.1) is 0 Å². The number of ether oxygens (including phenoxy) is 1. The Morgan fingerprint density at radius 3 is 2.67 bits per heavy atom. The van der Waals surface area contributed by atoms with Gasteiger partial charge in [-0.1, -0.05) is 36.4 Å². The number of hydrogen-bond acceptors (Lipinski definition) is 3. The van der Waals surface area contributed by atoms with Crippen LogP contribution in [0.1, 0.15) is 21.5 Å². The van der Waals surface area contributed by atoms with E-state index in [0.717, 1.165) is 11.1 Å². The van der Waals surface area contributed by atoms with E-state index in [4.69, 9.17) is 15.7 Å². The molecule has 0 aliphatic carbocycles. The summed E-state index contributed by atoms with van der Waals surface area (Å²) in [5.74, 6) is 0.0508. The average molecular weight is 279 g/mol. The van der Waals surface area contributed by atoms with E-state index in [-0.39, 0.29) is 0 Å². The molecule has 0 fully saturated rings. The molecule has 0 saturated carbocycles. The predicted octanol–water partition coefficient (Wildman–Crippen LogP) is 2.63. The molecule has 0 saturated heterocycles. The maximum Gasteiger partial charge on any atom is 0.249 e. The molecule has 1 radical (unpaired) electrons. The van der Waals surface area contributed by atoms with Crippen LogP contribution < -0.4 is 10.5 Å². The molecule has 4 heteroatoms. The molecule has 2 N–H and O–H groups in total. The van der Waals surface area contributed by atoms with E-state index in [9.17, 15) is 4.79 Å². The quantitative estimate of drug-likeness (QED) is 0.883. The first-order valence-corrected chi connectivity index (χ1v) is 6.51. The second-order valence-corrected chi connectivity index (χ2v) is 4.49. The van der Waals surface area contributed by atoms with Gasteiger partial charge < -0.3 is 10.5 Å². The fourth-order valence-electron chi connectivity index (χ4n) is 1.95. The van der Waals surface area contributed by atoms with Crippen molar-refractivity contribution in [3.8, 4) is 11.8 Å². The van der Waals surface area contributed by atoms with Crippen LogP contribution in [0, 0.1) is 17.8 Å². The van der Waals surface area contributed by atoms with Crippen LogP contribution in [-0.2, 0) is 13.0 Å². The van der Waals surface area contributed by atoms with Crippen LogP contribution in [0.5, 0.6) is 5.75 Å². The van der Waals surface area contributed by atoms with Gasteiger partial charge in [0.1, 0.15) is 12.4 Å². The fraction of sp³-hybridized carbons (Fsp3) is 0.118. The van der Waals surface area contributed by atoms with E-state index in [0.29, 0.717) is 24.3 Å². The highest BCUT2D eigenvalue weighted by Gasteiger charge is 2.10. The summed E-state index contributed by atoms with van der Waals surface area (Å²) in [5.41, 5.74) is 7.51. The molecule has 0 heterocycles. The van der Waals surface area contributed by atoms with Gasteiger partial charge >= 0.3 is 0 Å². The van der Waals surface area contributed by atoms with Crippen LogP contribution >= 0.6 is 0 Å². The summed E-state index contributed by atoms with van der Waals surface area (Å²) in [7, 11) is 0. The molecule has 21 heavy (non-hydrogen) atoms. The predicted molar refractivity (Wildman–Crippen MR) is 79.4 cm³/mol. The van der Waals surface area contributed by atoms with Crippen LogP contribution in [0.2, 0.25) is 0 Å². The molecule has 0 aromatic heterocycles. The van der Waals surface area contributed by atoms with Crippen LogP contribution in [0.15, 0.2) is 48.5 Å². The lowest BCUT2D eigenvalue weighted by molar-refractivity contribution is 0.0999. The number of nitriles is 1. The van der Waals surface area contributed by atoms with Crippen molar-refractivity contribution in [2.24, 2.45) is 5.73 Å². The van der Waals surface area contributed by atoms with Gasteiger partial charge in [-0.2, -0.15) is 5.26 Å². The lowest BCUT2D eigenvalue weighted by Gasteiger charge is -2.10. The Labute approximate surface area is 123 Å². The highest BCUT2D eigenvalue weighted by atomic mass is 16.5. The highest BCUT2D eigenvalue weighted by Crippen LogP contribution is 2.20. The monoisotopic (exact) mass is 279 g/mol. The van der Waals surface area contributed by atoms with E-state index < -0.39 is 5.91 Å². The number of benzene rings is 2. The van der Waals surface area contributed by atoms with Crippen LogP contribution in [0.3, 0.4) is 0 Å². The molecule has 105 valence electrons. The van der Waals surface area contributed by atoms with Gasteiger partial charge in [0.15, 0.2) is 0 Å². The van der Waals surface area contributed by atoms with E-state index >= 15 is 0 Å². The molecule has 0 atom stereocenters. The van der Waals surface area contributed by atoms with E-state index in [2.05, 4.69) is 0 Å². The van der Waals surface area contributed by atoms with Gasteiger partial charge in [0.05, 0.1) is 12.5 Å². The molecular formula is C17H15N2O2. The first-order valence-electron chi connectivity index (χ1n) is 6.51. The zero-order valence-corrected chi connectivity index (χ0v) is 11.5. The molecule has 4 nitrogen and oxygen atoms in total. The fourth-order valence-corrected chi connectivity index (χ4v) is 1.95. The number of hydrogen-bond donors (Lipinski definition) is 1. The van der Waals surface area contributed by atoms with Crippen LogP contribution in [0.4, 0.5) is 0 Å². The minimum atomic E-state index is -0.526. The topological polar surface area (TPSA) is 76.1 Å². The number of amides is 1. The van der Waals surface area contributed by atoms with Gasteiger partial charge in [0.2, 0.25) is 5.91 Å². The maximum atomic E-state index is 11.5. The van der Waals surface area contributed by atoms with E-state index in [1.165, 1.54) is 6.42 Å². The lowest BCUT2D eigenvalue weighted by atomic mass is 10.0. The van der Waals surface area contributed by atoms with Gasteiger partial charge in [0.25, 0.3) is 0 Å². The molecule has 0 aliphatic rings. The van der Waals surface area contributed by atoms with Crippen molar-refractivity contribution in [1.29, 1.82) is 5.26 Å². The summed E-state index contributed by atoms with van der Waals surface area (Å²) in [6, 6.07) is 16.8. The summed E-state index contributed by atoms with van der Waals surface area (Å²) in [4.78, 5) is 11.5. The normalized spacial score (nSPS) is 9.86. The minimum absolute atomic E-state index is 0.382. The van der Waals surface area contributed by atoms with E-state index in [1.54, 1.807) is 18.2 Å². The molecule has 0 bridgehead atoms. The Morgan fingerprint density at radius 2 is 2.00 bits per heavy atom. The largest absolute Gasteiger partial charge is 0.489 e. The first-order chi connectivity index (χ1) is 10.2. The number of carbonyl (C=O) groups is 1. The summed E-state index contributed by atoms with van der Waals surface area (Å²) in [6.45, 7) is 0.419. The van der Waals surface area contributed by atoms with Crippen molar-refractivity contribution in [3.05, 3.63) is 71.6 Å². The zero-order valence-electron chi connectivity index (χ0n) is 11.5. The number of nitrogens with zero attached hydrogens (tertiary/aromatic N) is 1. The lowest BCUT2D eigenvalue weighted by Crippen LogP contribution is -2.14. The highest BCUT2D eigenvalue weighted by molar-refractivity contribution is 5.94. The molecule has 1 amide bonds. The zero-order chi connectivity index (χ0) is 15.1. The Bertz CT molecular complexity index is 660. The van der Waals surface area contributed by atoms with Crippen molar-refractivity contribution in [2.75, 3.05) is 0 Å². The second-order valence-electron chi connectivity index (χ2n) is 4.49. The summed E-state index contributed by atoms with van der Waals surface area (Å²) in [5, 5.41) is 8.58. The van der Waals surface area contributed by atoms with Gasteiger partial charge in [-0.25, -0.2) is 0 Å². The van der Waals surface area contributed by atoms with Gasteiger partial charge in [-0.3, -0.25) is 4.79 Å². The summed E-state index contributed by atoms with van der Waals surface area (Å²) < 4.78 is 5.66. The van der Waals surface area contributed by atoms with Crippen molar-refractivity contribution in [2.45, 2.75) is 13.0 Å². The number of nitrogens with two attached hydrogens (primary N) is 1. The first kappa shape index (κ1) is 14.6. The summed E-state index contributed by atoms with van der Waals surface area (Å²) in [6.07, 6.45) is 1.81. The Morgan fingerprint density at radius 1 is 1.24 bits per heavy atom. The van der Waals surface area contributed by atoms with Gasteiger partial charge in [0, 0.05) is 5.56 Å². The third-order valence-electron chi connectivity index (χ3n) is 3.01. The molecular weight excluding hydrogens is 264 g/mol. The van der Waals surface area contributed by atoms with Crippen molar-refractivity contribution < 1.29 is 9.53 Å². The van der Waals surface area contributed by atoms with Crippen LogP contribution in [-0.4, -0.2) is 5.91 Å². The number of carbonyl (C=O) groups excluding carboxylic acids is 1. The Hall–Kier alpha value is -2.80. The second kappa shape index (κ2) is 7.11. The average Bonchev–Trinajstić information content (AvgIpc) is 2.52. The smallest absolute Gasteiger partial charge is 0.249 e. The molecule has 2 aromatic carbocycles. The molecule has 2 rings (SSSR count). The van der Waals surface area contributed by atoms with Crippen molar-refractivity contribution >= 4 is 5.91 Å².